The number of amides is 1. The van der Waals surface area contributed by atoms with Gasteiger partial charge in [0.15, 0.2) is 0 Å². The van der Waals surface area contributed by atoms with E-state index < -0.39 is 12.0 Å². The lowest BCUT2D eigenvalue weighted by atomic mass is 9.76. The number of piperidine rings is 1. The Hall–Kier alpha value is -1.10. The molecule has 1 saturated heterocycles. The van der Waals surface area contributed by atoms with E-state index in [0.717, 1.165) is 25.7 Å². The Kier molecular flexibility index (Phi) is 5.02. The molecule has 0 aromatic heterocycles. The van der Waals surface area contributed by atoms with Crippen LogP contribution in [0.2, 0.25) is 0 Å². The van der Waals surface area contributed by atoms with Crippen LogP contribution in [0.4, 0.5) is 0 Å². The molecule has 114 valence electrons. The molecule has 0 bridgehead atoms. The van der Waals surface area contributed by atoms with Crippen LogP contribution in [0, 0.1) is 5.92 Å². The molecule has 5 nitrogen and oxygen atoms in total. The van der Waals surface area contributed by atoms with E-state index in [-0.39, 0.29) is 24.7 Å². The monoisotopic (exact) mass is 283 g/mol. The first-order valence-corrected chi connectivity index (χ1v) is 7.66. The number of hydrogen-bond acceptors (Lipinski definition) is 3. The van der Waals surface area contributed by atoms with Gasteiger partial charge in [0.05, 0.1) is 6.10 Å². The highest BCUT2D eigenvalue weighted by Gasteiger charge is 2.43. The molecule has 2 rings (SSSR count). The molecule has 0 aromatic rings. The first-order chi connectivity index (χ1) is 9.50. The van der Waals surface area contributed by atoms with Gasteiger partial charge in [-0.05, 0) is 45.4 Å². The van der Waals surface area contributed by atoms with Crippen LogP contribution in [0.25, 0.3) is 0 Å². The lowest BCUT2D eigenvalue weighted by Crippen LogP contribution is -2.58. The second-order valence-corrected chi connectivity index (χ2v) is 6.20. The zero-order valence-corrected chi connectivity index (χ0v) is 12.4. The molecule has 1 aliphatic carbocycles. The van der Waals surface area contributed by atoms with Crippen LogP contribution in [0.5, 0.6) is 0 Å². The van der Waals surface area contributed by atoms with Crippen molar-refractivity contribution in [2.24, 2.45) is 5.92 Å². The van der Waals surface area contributed by atoms with Gasteiger partial charge in [-0.3, -0.25) is 4.79 Å². The molecule has 0 aromatic carbocycles. The Balaban J connectivity index is 2.12. The van der Waals surface area contributed by atoms with Crippen molar-refractivity contribution < 1.29 is 19.4 Å². The molecule has 2 aliphatic rings. The second kappa shape index (κ2) is 6.57. The average Bonchev–Trinajstić information content (AvgIpc) is 2.43. The summed E-state index contributed by atoms with van der Waals surface area (Å²) >= 11 is 0. The quantitative estimate of drug-likeness (QED) is 0.857. The summed E-state index contributed by atoms with van der Waals surface area (Å²) in [6.45, 7) is 3.74. The van der Waals surface area contributed by atoms with Crippen molar-refractivity contribution in [2.75, 3.05) is 6.61 Å². The highest BCUT2D eigenvalue weighted by atomic mass is 16.5. The summed E-state index contributed by atoms with van der Waals surface area (Å²) in [4.78, 5) is 25.5. The summed E-state index contributed by atoms with van der Waals surface area (Å²) in [5.41, 5.74) is 0. The van der Waals surface area contributed by atoms with Gasteiger partial charge in [0.25, 0.3) is 0 Å². The number of hydrogen-bond donors (Lipinski definition) is 1. The summed E-state index contributed by atoms with van der Waals surface area (Å²) < 4.78 is 5.38. The smallest absolute Gasteiger partial charge is 0.326 e. The van der Waals surface area contributed by atoms with Gasteiger partial charge in [-0.15, -0.1) is 0 Å². The summed E-state index contributed by atoms with van der Waals surface area (Å²) in [7, 11) is 0. The number of rotatable bonds is 4. The largest absolute Gasteiger partial charge is 0.480 e. The normalized spacial score (nSPS) is 30.1. The third-order valence-electron chi connectivity index (χ3n) is 4.49. The van der Waals surface area contributed by atoms with Gasteiger partial charge < -0.3 is 14.7 Å². The molecule has 20 heavy (non-hydrogen) atoms. The number of likely N-dealkylation sites (tertiary alicyclic amines) is 1. The zero-order valence-electron chi connectivity index (χ0n) is 12.4. The molecule has 3 unspecified atom stereocenters. The number of aliphatic carboxylic acids is 1. The van der Waals surface area contributed by atoms with Gasteiger partial charge in [-0.2, -0.15) is 0 Å². The van der Waals surface area contributed by atoms with E-state index in [2.05, 4.69) is 0 Å². The fourth-order valence-corrected chi connectivity index (χ4v) is 3.55. The van der Waals surface area contributed by atoms with Crippen LogP contribution in [0.15, 0.2) is 0 Å². The van der Waals surface area contributed by atoms with Gasteiger partial charge in [-0.25, -0.2) is 4.79 Å². The van der Waals surface area contributed by atoms with Crippen molar-refractivity contribution in [1.29, 1.82) is 0 Å². The Labute approximate surface area is 120 Å². The van der Waals surface area contributed by atoms with Crippen LogP contribution < -0.4 is 0 Å². The molecule has 1 aliphatic heterocycles. The van der Waals surface area contributed by atoms with Gasteiger partial charge in [0, 0.05) is 6.04 Å². The van der Waals surface area contributed by atoms with Gasteiger partial charge in [0.2, 0.25) is 5.91 Å². The van der Waals surface area contributed by atoms with Crippen molar-refractivity contribution in [1.82, 2.24) is 4.90 Å². The minimum Gasteiger partial charge on any atom is -0.480 e. The molecule has 0 radical (unpaired) electrons. The molecule has 1 amide bonds. The number of ether oxygens (including phenoxy) is 1. The molecule has 2 fully saturated rings. The van der Waals surface area contributed by atoms with Crippen LogP contribution in [0.3, 0.4) is 0 Å². The lowest BCUT2D eigenvalue weighted by Gasteiger charge is -2.47. The number of fused-ring (bicyclic) bond motifs is 1. The maximum atomic E-state index is 12.4. The van der Waals surface area contributed by atoms with Gasteiger partial charge >= 0.3 is 5.97 Å². The van der Waals surface area contributed by atoms with E-state index in [4.69, 9.17) is 4.74 Å². The van der Waals surface area contributed by atoms with E-state index in [1.54, 1.807) is 4.90 Å². The van der Waals surface area contributed by atoms with Gasteiger partial charge in [0.1, 0.15) is 12.6 Å². The first kappa shape index (κ1) is 15.3. The topological polar surface area (TPSA) is 66.8 Å². The molecule has 1 saturated carbocycles. The Morgan fingerprint density at radius 1 is 1.20 bits per heavy atom. The fraction of sp³-hybridized carbons (Fsp3) is 0.867. The van der Waals surface area contributed by atoms with Crippen LogP contribution >= 0.6 is 0 Å². The molecule has 5 heteroatoms. The fourth-order valence-electron chi connectivity index (χ4n) is 3.55. The molecule has 1 heterocycles. The third-order valence-corrected chi connectivity index (χ3v) is 4.49. The highest BCUT2D eigenvalue weighted by Crippen LogP contribution is 2.38. The molecule has 0 spiro atoms. The number of nitrogens with zero attached hydrogens (tertiary/aromatic N) is 1. The zero-order chi connectivity index (χ0) is 14.7. The van der Waals surface area contributed by atoms with E-state index in [1.165, 1.54) is 6.42 Å². The van der Waals surface area contributed by atoms with Crippen molar-refractivity contribution in [3.63, 3.8) is 0 Å². The van der Waals surface area contributed by atoms with E-state index in [1.807, 2.05) is 13.8 Å². The standard InChI is InChI=1S/C15H25NO4/c1-10(2)20-9-14(17)16-12-6-4-3-5-11(12)7-8-13(16)15(18)19/h10-13H,3-9H2,1-2H3,(H,18,19). The first-order valence-electron chi connectivity index (χ1n) is 7.66. The maximum absolute atomic E-state index is 12.4. The minimum atomic E-state index is -0.882. The SMILES string of the molecule is CC(C)OCC(=O)N1C(C(=O)O)CCC2CCCCC21. The highest BCUT2D eigenvalue weighted by molar-refractivity contribution is 5.85. The Morgan fingerprint density at radius 3 is 2.55 bits per heavy atom. The van der Waals surface area contributed by atoms with Gasteiger partial charge in [-0.1, -0.05) is 12.8 Å². The third kappa shape index (κ3) is 3.32. The second-order valence-electron chi connectivity index (χ2n) is 6.20. The molecule has 3 atom stereocenters. The minimum absolute atomic E-state index is 0.00926. The number of carboxylic acids is 1. The predicted octanol–water partition coefficient (Wildman–Crippen LogP) is 2.05. The van der Waals surface area contributed by atoms with Crippen molar-refractivity contribution in [3.05, 3.63) is 0 Å². The van der Waals surface area contributed by atoms with Crippen molar-refractivity contribution >= 4 is 11.9 Å². The Bertz CT molecular complexity index is 369. The number of carbonyl (C=O) groups excluding carboxylic acids is 1. The lowest BCUT2D eigenvalue weighted by molar-refractivity contribution is -0.161. The maximum Gasteiger partial charge on any atom is 0.326 e. The average molecular weight is 283 g/mol. The number of carbonyl (C=O) groups is 2. The molecule has 1 N–H and O–H groups in total. The molecular weight excluding hydrogens is 258 g/mol. The summed E-state index contributed by atoms with van der Waals surface area (Å²) in [6, 6.07) is -0.570. The summed E-state index contributed by atoms with van der Waals surface area (Å²) in [6.07, 6.45) is 5.81. The van der Waals surface area contributed by atoms with E-state index in [9.17, 15) is 14.7 Å². The van der Waals surface area contributed by atoms with Crippen molar-refractivity contribution in [3.8, 4) is 0 Å². The van der Waals surface area contributed by atoms with Crippen LogP contribution in [-0.2, 0) is 14.3 Å². The van der Waals surface area contributed by atoms with Crippen molar-refractivity contribution in [2.45, 2.75) is 70.6 Å². The summed E-state index contributed by atoms with van der Waals surface area (Å²) in [5, 5.41) is 9.39. The van der Waals surface area contributed by atoms with E-state index >= 15 is 0 Å². The predicted molar refractivity (Wildman–Crippen MR) is 74.3 cm³/mol. The molecular formula is C15H25NO4. The number of carboxylic acid groups (broad SMARTS) is 1. The summed E-state index contributed by atoms with van der Waals surface area (Å²) in [5.74, 6) is -0.572. The Morgan fingerprint density at radius 2 is 1.90 bits per heavy atom. The van der Waals surface area contributed by atoms with Crippen LogP contribution in [-0.4, -0.2) is 46.7 Å². The van der Waals surface area contributed by atoms with E-state index in [0.29, 0.717) is 12.3 Å². The van der Waals surface area contributed by atoms with Crippen LogP contribution in [0.1, 0.15) is 52.4 Å².